The summed E-state index contributed by atoms with van der Waals surface area (Å²) in [4.78, 5) is 12.5. The van der Waals surface area contributed by atoms with E-state index in [0.717, 1.165) is 13.0 Å². The molecule has 1 unspecified atom stereocenters. The smallest absolute Gasteiger partial charge is 0.268 e. The average molecular weight is 350 g/mol. The first kappa shape index (κ1) is 16.8. The number of amides is 1. The maximum Gasteiger partial charge on any atom is 0.268 e. The lowest BCUT2D eigenvalue weighted by atomic mass is 10.1. The van der Waals surface area contributed by atoms with Crippen LogP contribution in [0.2, 0.25) is 5.02 Å². The van der Waals surface area contributed by atoms with E-state index in [-0.39, 0.29) is 11.9 Å². The van der Waals surface area contributed by atoms with Crippen molar-refractivity contribution in [3.63, 3.8) is 0 Å². The first-order valence-corrected chi connectivity index (χ1v) is 8.20. The van der Waals surface area contributed by atoms with Crippen LogP contribution in [0.15, 0.2) is 36.7 Å². The zero-order valence-electron chi connectivity index (χ0n) is 13.7. The number of nitrogens with one attached hydrogen (secondary N) is 1. The third kappa shape index (κ3) is 3.88. The van der Waals surface area contributed by atoms with E-state index in [1.54, 1.807) is 44.3 Å². The number of benzene rings is 1. The highest BCUT2D eigenvalue weighted by molar-refractivity contribution is 6.30. The van der Waals surface area contributed by atoms with Gasteiger partial charge in [0.05, 0.1) is 24.5 Å². The Morgan fingerprint density at radius 3 is 2.83 bits per heavy atom. The number of rotatable bonds is 5. The predicted molar refractivity (Wildman–Crippen MR) is 91.5 cm³/mol. The van der Waals surface area contributed by atoms with E-state index in [9.17, 15) is 4.79 Å². The summed E-state index contributed by atoms with van der Waals surface area (Å²) in [5, 5.41) is 7.76. The molecule has 1 amide bonds. The van der Waals surface area contributed by atoms with Crippen molar-refractivity contribution in [2.45, 2.75) is 31.9 Å². The summed E-state index contributed by atoms with van der Waals surface area (Å²) in [6, 6.07) is 7.14. The van der Waals surface area contributed by atoms with Crippen molar-refractivity contribution >= 4 is 23.2 Å². The zero-order valence-corrected chi connectivity index (χ0v) is 14.4. The Morgan fingerprint density at radius 2 is 2.17 bits per heavy atom. The molecular weight excluding hydrogens is 330 g/mol. The molecule has 7 heteroatoms. The highest BCUT2D eigenvalue weighted by Crippen LogP contribution is 2.23. The average Bonchev–Trinajstić information content (AvgIpc) is 3.20. The summed E-state index contributed by atoms with van der Waals surface area (Å²) in [5.74, 6) is 0.332. The van der Waals surface area contributed by atoms with Gasteiger partial charge in [0.25, 0.3) is 5.91 Å². The SMILES string of the molecule is CC(C)(Oc1ccc(Cl)cc1)C(=O)Nc1cnn(C2CCOC2)c1. The Balaban J connectivity index is 1.63. The minimum absolute atomic E-state index is 0.231. The topological polar surface area (TPSA) is 65.4 Å². The van der Waals surface area contributed by atoms with Crippen molar-refractivity contribution in [1.29, 1.82) is 0 Å². The van der Waals surface area contributed by atoms with Gasteiger partial charge in [-0.15, -0.1) is 0 Å². The summed E-state index contributed by atoms with van der Waals surface area (Å²) in [5.41, 5.74) is -0.397. The molecule has 1 fully saturated rings. The summed E-state index contributed by atoms with van der Waals surface area (Å²) >= 11 is 5.86. The van der Waals surface area contributed by atoms with Crippen LogP contribution in [-0.4, -0.2) is 34.5 Å². The number of halogens is 1. The standard InChI is InChI=1S/C17H20ClN3O3/c1-17(2,24-15-5-3-12(18)4-6-15)16(22)20-13-9-19-21(10-13)14-7-8-23-11-14/h3-6,9-10,14H,7-8,11H2,1-2H3,(H,20,22). The largest absolute Gasteiger partial charge is 0.478 e. The van der Waals surface area contributed by atoms with Crippen LogP contribution in [0.4, 0.5) is 5.69 Å². The van der Waals surface area contributed by atoms with Crippen LogP contribution in [0.1, 0.15) is 26.3 Å². The fraction of sp³-hybridized carbons (Fsp3) is 0.412. The van der Waals surface area contributed by atoms with Crippen LogP contribution >= 0.6 is 11.6 Å². The second-order valence-electron chi connectivity index (χ2n) is 6.25. The highest BCUT2D eigenvalue weighted by atomic mass is 35.5. The second-order valence-corrected chi connectivity index (χ2v) is 6.68. The lowest BCUT2D eigenvalue weighted by Gasteiger charge is -2.25. The molecule has 1 aromatic heterocycles. The van der Waals surface area contributed by atoms with Crippen molar-refractivity contribution in [1.82, 2.24) is 9.78 Å². The first-order chi connectivity index (χ1) is 11.4. The van der Waals surface area contributed by atoms with Gasteiger partial charge in [0, 0.05) is 17.8 Å². The molecule has 1 aromatic carbocycles. The molecule has 1 N–H and O–H groups in total. The molecule has 1 atom stereocenters. The third-order valence-corrected chi connectivity index (χ3v) is 4.12. The van der Waals surface area contributed by atoms with Gasteiger partial charge in [-0.3, -0.25) is 9.48 Å². The molecule has 1 aliphatic heterocycles. The van der Waals surface area contributed by atoms with Crippen molar-refractivity contribution in [2.24, 2.45) is 0 Å². The van der Waals surface area contributed by atoms with Crippen LogP contribution < -0.4 is 10.1 Å². The summed E-state index contributed by atoms with van der Waals surface area (Å²) in [6.45, 7) is 4.83. The van der Waals surface area contributed by atoms with Gasteiger partial charge in [-0.1, -0.05) is 11.6 Å². The summed E-state index contributed by atoms with van der Waals surface area (Å²) in [7, 11) is 0. The lowest BCUT2D eigenvalue weighted by molar-refractivity contribution is -0.128. The molecule has 24 heavy (non-hydrogen) atoms. The molecule has 6 nitrogen and oxygen atoms in total. The fourth-order valence-electron chi connectivity index (χ4n) is 2.46. The van der Waals surface area contributed by atoms with Gasteiger partial charge >= 0.3 is 0 Å². The fourth-order valence-corrected chi connectivity index (χ4v) is 2.58. The number of anilines is 1. The van der Waals surface area contributed by atoms with Gasteiger partial charge in [0.1, 0.15) is 5.75 Å². The molecular formula is C17H20ClN3O3. The number of aromatic nitrogens is 2. The Morgan fingerprint density at radius 1 is 1.42 bits per heavy atom. The van der Waals surface area contributed by atoms with Crippen LogP contribution in [0, 0.1) is 0 Å². The van der Waals surface area contributed by atoms with Crippen LogP contribution in [0.3, 0.4) is 0 Å². The van der Waals surface area contributed by atoms with Gasteiger partial charge in [0.15, 0.2) is 5.60 Å². The van der Waals surface area contributed by atoms with E-state index in [2.05, 4.69) is 10.4 Å². The number of hydrogen-bond donors (Lipinski definition) is 1. The second kappa shape index (κ2) is 6.83. The Labute approximate surface area is 145 Å². The molecule has 1 aliphatic rings. The monoisotopic (exact) mass is 349 g/mol. The van der Waals surface area contributed by atoms with Gasteiger partial charge in [-0.25, -0.2) is 0 Å². The quantitative estimate of drug-likeness (QED) is 0.899. The van der Waals surface area contributed by atoms with E-state index in [4.69, 9.17) is 21.1 Å². The number of carbonyl (C=O) groups excluding carboxylic acids is 1. The first-order valence-electron chi connectivity index (χ1n) is 7.82. The highest BCUT2D eigenvalue weighted by Gasteiger charge is 2.30. The summed E-state index contributed by atoms with van der Waals surface area (Å²) in [6.07, 6.45) is 4.38. The Hall–Kier alpha value is -2.05. The van der Waals surface area contributed by atoms with E-state index >= 15 is 0 Å². The van der Waals surface area contributed by atoms with Gasteiger partial charge in [-0.2, -0.15) is 5.10 Å². The molecule has 0 saturated carbocycles. The van der Waals surface area contributed by atoms with Gasteiger partial charge < -0.3 is 14.8 Å². The lowest BCUT2D eigenvalue weighted by Crippen LogP contribution is -2.42. The number of ether oxygens (including phenoxy) is 2. The summed E-state index contributed by atoms with van der Waals surface area (Å²) < 4.78 is 13.0. The molecule has 2 aromatic rings. The van der Waals surface area contributed by atoms with Crippen LogP contribution in [0.5, 0.6) is 5.75 Å². The zero-order chi connectivity index (χ0) is 17.2. The Bertz CT molecular complexity index is 706. The molecule has 0 aliphatic carbocycles. The molecule has 0 spiro atoms. The Kier molecular flexibility index (Phi) is 4.78. The van der Waals surface area contributed by atoms with Crippen LogP contribution in [-0.2, 0) is 9.53 Å². The van der Waals surface area contributed by atoms with E-state index in [0.29, 0.717) is 23.1 Å². The molecule has 1 saturated heterocycles. The van der Waals surface area contributed by atoms with E-state index < -0.39 is 5.60 Å². The van der Waals surface area contributed by atoms with Crippen molar-refractivity contribution in [3.8, 4) is 5.75 Å². The minimum atomic E-state index is -1.04. The molecule has 0 bridgehead atoms. The van der Waals surface area contributed by atoms with E-state index in [1.807, 2.05) is 10.9 Å². The van der Waals surface area contributed by atoms with Gasteiger partial charge in [-0.05, 0) is 44.5 Å². The number of carbonyl (C=O) groups is 1. The maximum absolute atomic E-state index is 12.5. The maximum atomic E-state index is 12.5. The minimum Gasteiger partial charge on any atom is -0.478 e. The van der Waals surface area contributed by atoms with Gasteiger partial charge in [0.2, 0.25) is 0 Å². The molecule has 0 radical (unpaired) electrons. The molecule has 3 rings (SSSR count). The predicted octanol–water partition coefficient (Wildman–Crippen LogP) is 3.29. The third-order valence-electron chi connectivity index (χ3n) is 3.87. The van der Waals surface area contributed by atoms with Crippen molar-refractivity contribution in [2.75, 3.05) is 18.5 Å². The number of nitrogens with zero attached hydrogens (tertiary/aromatic N) is 2. The normalized spacial score (nSPS) is 17.7. The molecule has 2 heterocycles. The van der Waals surface area contributed by atoms with Crippen molar-refractivity contribution in [3.05, 3.63) is 41.7 Å². The van der Waals surface area contributed by atoms with Crippen LogP contribution in [0.25, 0.3) is 0 Å². The van der Waals surface area contributed by atoms with Crippen molar-refractivity contribution < 1.29 is 14.3 Å². The van der Waals surface area contributed by atoms with E-state index in [1.165, 1.54) is 0 Å². The molecule has 128 valence electrons. The number of hydrogen-bond acceptors (Lipinski definition) is 4.